The fourth-order valence-corrected chi connectivity index (χ4v) is 5.57. The van der Waals surface area contributed by atoms with Crippen LogP contribution in [0.2, 0.25) is 25.7 Å². The molecule has 0 fully saturated rings. The minimum atomic E-state index is -1.14. The summed E-state index contributed by atoms with van der Waals surface area (Å²) in [6.07, 6.45) is 5.05. The average Bonchev–Trinajstić information content (AvgIpc) is 3.60. The standard InChI is InChI=1S/C29H32N6O4SSi/c1-37-26-11-6-5-9-21(26)24-16-30-13-12-22(24)27(36)32-28-33-34-29(40-28)39-18-20-8-7-10-25-23(20)17-31-35(25)19-38-14-15-41(2,3)4/h5-13,16-17H,14-15,18-19H2,1-4H3,(H,32,33,36). The van der Waals surface area contributed by atoms with E-state index in [4.69, 9.17) is 14.2 Å². The van der Waals surface area contributed by atoms with E-state index in [9.17, 15) is 4.79 Å². The number of anilines is 1. The molecule has 5 aromatic rings. The lowest BCUT2D eigenvalue weighted by molar-refractivity contribution is 0.0817. The first kappa shape index (κ1) is 28.4. The fraction of sp³-hybridized carbons (Fsp3) is 0.276. The monoisotopic (exact) mass is 588 g/mol. The number of nitrogens with zero attached hydrogens (tertiary/aromatic N) is 5. The first-order chi connectivity index (χ1) is 19.8. The number of carbonyl (C=O) groups is 1. The third-order valence-electron chi connectivity index (χ3n) is 6.43. The molecule has 0 saturated heterocycles. The Bertz CT molecular complexity index is 1650. The van der Waals surface area contributed by atoms with Gasteiger partial charge in [0.05, 0.1) is 24.4 Å². The van der Waals surface area contributed by atoms with Crippen LogP contribution in [0.5, 0.6) is 10.9 Å². The van der Waals surface area contributed by atoms with Gasteiger partial charge in [-0.2, -0.15) is 5.10 Å². The number of carbonyl (C=O) groups excluding carboxylic acids is 1. The van der Waals surface area contributed by atoms with Gasteiger partial charge in [0.25, 0.3) is 11.1 Å². The maximum atomic E-state index is 13.2. The first-order valence-electron chi connectivity index (χ1n) is 13.2. The molecule has 212 valence electrons. The van der Waals surface area contributed by atoms with Crippen molar-refractivity contribution in [3.8, 4) is 22.1 Å². The average molecular weight is 589 g/mol. The molecule has 5 rings (SSSR count). The van der Waals surface area contributed by atoms with E-state index in [0.29, 0.717) is 33.9 Å². The molecule has 1 N–H and O–H groups in total. The molecule has 12 heteroatoms. The maximum Gasteiger partial charge on any atom is 0.296 e. The van der Waals surface area contributed by atoms with Crippen molar-refractivity contribution < 1.29 is 19.0 Å². The van der Waals surface area contributed by atoms with E-state index in [1.165, 1.54) is 0 Å². The van der Waals surface area contributed by atoms with E-state index in [1.54, 1.807) is 25.6 Å². The molecule has 0 radical (unpaired) electrons. The van der Waals surface area contributed by atoms with Crippen molar-refractivity contribution in [3.63, 3.8) is 0 Å². The van der Waals surface area contributed by atoms with Crippen LogP contribution in [-0.2, 0) is 18.1 Å². The number of rotatable bonds is 12. The molecule has 0 aliphatic heterocycles. The van der Waals surface area contributed by atoms with Crippen LogP contribution < -0.4 is 14.8 Å². The van der Waals surface area contributed by atoms with Crippen molar-refractivity contribution in [1.82, 2.24) is 25.0 Å². The topological polar surface area (TPSA) is 113 Å². The lowest BCUT2D eigenvalue weighted by Gasteiger charge is -2.15. The quantitative estimate of drug-likeness (QED) is 0.137. The SMILES string of the molecule is COc1ccccc1-c1cnccc1C(=O)Nc1nnc(OCc2cccc3c2cnn3COCC[Si](C)(C)C)s1. The van der Waals surface area contributed by atoms with E-state index < -0.39 is 8.07 Å². The summed E-state index contributed by atoms with van der Waals surface area (Å²) in [5, 5.41) is 17.2. The third-order valence-corrected chi connectivity index (χ3v) is 8.88. The van der Waals surface area contributed by atoms with Crippen molar-refractivity contribution in [2.75, 3.05) is 19.0 Å². The Balaban J connectivity index is 1.23. The fourth-order valence-electron chi connectivity index (χ4n) is 4.22. The van der Waals surface area contributed by atoms with Crippen molar-refractivity contribution in [3.05, 3.63) is 78.2 Å². The number of benzene rings is 2. The molecule has 41 heavy (non-hydrogen) atoms. The Hall–Kier alpha value is -4.13. The molecule has 0 aliphatic carbocycles. The number of hydrogen-bond donors (Lipinski definition) is 1. The number of fused-ring (bicyclic) bond motifs is 1. The third kappa shape index (κ3) is 6.96. The van der Waals surface area contributed by atoms with Gasteiger partial charge < -0.3 is 14.2 Å². The van der Waals surface area contributed by atoms with Crippen LogP contribution in [0.1, 0.15) is 15.9 Å². The van der Waals surface area contributed by atoms with Gasteiger partial charge in [0.2, 0.25) is 5.13 Å². The molecule has 3 heterocycles. The summed E-state index contributed by atoms with van der Waals surface area (Å²) in [7, 11) is 0.451. The summed E-state index contributed by atoms with van der Waals surface area (Å²) in [6.45, 7) is 8.43. The van der Waals surface area contributed by atoms with Crippen LogP contribution in [0, 0.1) is 0 Å². The predicted octanol–water partition coefficient (Wildman–Crippen LogP) is 6.10. The van der Waals surface area contributed by atoms with Crippen molar-refractivity contribution in [1.29, 1.82) is 0 Å². The molecule has 2 aromatic carbocycles. The lowest BCUT2D eigenvalue weighted by atomic mass is 10.0. The molecule has 0 saturated carbocycles. The number of aromatic nitrogens is 5. The van der Waals surface area contributed by atoms with E-state index in [-0.39, 0.29) is 12.5 Å². The van der Waals surface area contributed by atoms with Crippen molar-refractivity contribution in [2.45, 2.75) is 39.0 Å². The molecule has 0 unspecified atom stereocenters. The van der Waals surface area contributed by atoms with Gasteiger partial charge in [-0.15, -0.1) is 5.10 Å². The second-order valence-electron chi connectivity index (χ2n) is 10.6. The second-order valence-corrected chi connectivity index (χ2v) is 17.1. The number of pyridine rings is 1. The number of ether oxygens (including phenoxy) is 3. The number of methoxy groups -OCH3 is 1. The van der Waals surface area contributed by atoms with Gasteiger partial charge in [-0.1, -0.05) is 55.1 Å². The smallest absolute Gasteiger partial charge is 0.296 e. The number of amides is 1. The Morgan fingerprint density at radius 2 is 1.88 bits per heavy atom. The highest BCUT2D eigenvalue weighted by Crippen LogP contribution is 2.32. The van der Waals surface area contributed by atoms with E-state index in [2.05, 4.69) is 45.2 Å². The second kappa shape index (κ2) is 12.6. The van der Waals surface area contributed by atoms with Gasteiger partial charge in [0.15, 0.2) is 0 Å². The van der Waals surface area contributed by atoms with Gasteiger partial charge in [-0.3, -0.25) is 15.1 Å². The van der Waals surface area contributed by atoms with Crippen LogP contribution in [0.4, 0.5) is 5.13 Å². The Labute approximate surface area is 243 Å². The zero-order chi connectivity index (χ0) is 28.8. The normalized spacial score (nSPS) is 11.5. The zero-order valence-electron chi connectivity index (χ0n) is 23.5. The summed E-state index contributed by atoms with van der Waals surface area (Å²) >= 11 is 1.16. The predicted molar refractivity (Wildman–Crippen MR) is 162 cm³/mol. The zero-order valence-corrected chi connectivity index (χ0v) is 25.3. The molecule has 0 spiro atoms. The van der Waals surface area contributed by atoms with E-state index in [0.717, 1.165) is 46.0 Å². The Morgan fingerprint density at radius 3 is 2.71 bits per heavy atom. The van der Waals surface area contributed by atoms with Crippen LogP contribution in [-0.4, -0.2) is 52.7 Å². The maximum absolute atomic E-state index is 13.2. The summed E-state index contributed by atoms with van der Waals surface area (Å²) in [4.78, 5) is 17.4. The largest absolute Gasteiger partial charge is 0.496 e. The molecule has 0 atom stereocenters. The molecular weight excluding hydrogens is 557 g/mol. The first-order valence-corrected chi connectivity index (χ1v) is 17.7. The summed E-state index contributed by atoms with van der Waals surface area (Å²) in [5.41, 5.74) is 3.81. The van der Waals surface area contributed by atoms with Crippen LogP contribution in [0.15, 0.2) is 67.1 Å². The summed E-state index contributed by atoms with van der Waals surface area (Å²) < 4.78 is 19.2. The lowest BCUT2D eigenvalue weighted by Crippen LogP contribution is -2.22. The summed E-state index contributed by atoms with van der Waals surface area (Å²) in [5.74, 6) is 0.316. The van der Waals surface area contributed by atoms with Gasteiger partial charge >= 0.3 is 0 Å². The van der Waals surface area contributed by atoms with Gasteiger partial charge in [0.1, 0.15) is 19.1 Å². The minimum Gasteiger partial charge on any atom is -0.496 e. The van der Waals surface area contributed by atoms with Crippen LogP contribution in [0.25, 0.3) is 22.0 Å². The highest BCUT2D eigenvalue weighted by Gasteiger charge is 2.18. The van der Waals surface area contributed by atoms with Gasteiger partial charge in [0, 0.05) is 49.2 Å². The minimum absolute atomic E-state index is 0.282. The van der Waals surface area contributed by atoms with E-state index >= 15 is 0 Å². The molecule has 10 nitrogen and oxygen atoms in total. The Kier molecular flexibility index (Phi) is 8.72. The highest BCUT2D eigenvalue weighted by molar-refractivity contribution is 7.17. The molecule has 3 aromatic heterocycles. The Morgan fingerprint density at radius 1 is 1.02 bits per heavy atom. The summed E-state index contributed by atoms with van der Waals surface area (Å²) in [6, 6.07) is 16.2. The van der Waals surface area contributed by atoms with Crippen molar-refractivity contribution >= 4 is 41.4 Å². The number of nitrogens with one attached hydrogen (secondary N) is 1. The van der Waals surface area contributed by atoms with Crippen LogP contribution >= 0.6 is 11.3 Å². The van der Waals surface area contributed by atoms with Crippen molar-refractivity contribution in [2.24, 2.45) is 0 Å². The van der Waals surface area contributed by atoms with Crippen LogP contribution in [0.3, 0.4) is 0 Å². The molecule has 0 bridgehead atoms. The number of hydrogen-bond acceptors (Lipinski definition) is 9. The van der Waals surface area contributed by atoms with Gasteiger partial charge in [-0.05, 0) is 35.6 Å². The number of para-hydroxylation sites is 1. The highest BCUT2D eigenvalue weighted by atomic mass is 32.1. The van der Waals surface area contributed by atoms with Gasteiger partial charge in [-0.25, -0.2) is 4.68 Å². The van der Waals surface area contributed by atoms with E-state index in [1.807, 2.05) is 53.3 Å². The molecule has 0 aliphatic rings. The molecule has 1 amide bonds. The molecular formula is C29H32N6O4SSi.